The van der Waals surface area contributed by atoms with Gasteiger partial charge in [-0.1, -0.05) is 42.3 Å². The molecule has 0 heterocycles. The Morgan fingerprint density at radius 1 is 0.808 bits per heavy atom. The highest BCUT2D eigenvalue weighted by atomic mass is 17.3. The maximum Gasteiger partial charge on any atom is 0.373 e. The van der Waals surface area contributed by atoms with Gasteiger partial charge in [-0.25, -0.2) is 9.59 Å². The lowest BCUT2D eigenvalue weighted by molar-refractivity contribution is -0.369. The number of rotatable bonds is 7. The lowest BCUT2D eigenvalue weighted by atomic mass is 10.1. The molecule has 0 spiro atoms. The van der Waals surface area contributed by atoms with Gasteiger partial charge >= 0.3 is 18.2 Å². The summed E-state index contributed by atoms with van der Waals surface area (Å²) in [5.74, 6) is -1.98. The summed E-state index contributed by atoms with van der Waals surface area (Å²) < 4.78 is 0. The highest BCUT2D eigenvalue weighted by Crippen LogP contribution is 2.19. The van der Waals surface area contributed by atoms with E-state index in [1.807, 2.05) is 26.0 Å². The summed E-state index contributed by atoms with van der Waals surface area (Å²) in [5.41, 5.74) is 2.44. The molecule has 2 rings (SSSR count). The van der Waals surface area contributed by atoms with E-state index in [4.69, 9.17) is 19.6 Å². The third kappa shape index (κ3) is 5.68. The zero-order valence-corrected chi connectivity index (χ0v) is 14.9. The van der Waals surface area contributed by atoms with E-state index in [9.17, 15) is 9.59 Å². The van der Waals surface area contributed by atoms with Gasteiger partial charge in [0.15, 0.2) is 0 Å². The molecule has 136 valence electrons. The van der Waals surface area contributed by atoms with Crippen molar-refractivity contribution < 1.29 is 29.1 Å². The first-order valence-electron chi connectivity index (χ1n) is 7.98. The molecule has 2 aromatic carbocycles. The molecule has 2 radical (unpaired) electrons. The van der Waals surface area contributed by atoms with Gasteiger partial charge in [0.05, 0.1) is 11.1 Å². The van der Waals surface area contributed by atoms with Crippen molar-refractivity contribution in [3.8, 4) is 0 Å². The highest BCUT2D eigenvalue weighted by Gasteiger charge is 2.25. The van der Waals surface area contributed by atoms with Gasteiger partial charge in [-0.15, -0.1) is 9.78 Å². The predicted octanol–water partition coefficient (Wildman–Crippen LogP) is 4.14. The van der Waals surface area contributed by atoms with E-state index in [0.29, 0.717) is 11.1 Å². The number of carbonyl (C=O) groups excluding carboxylic acids is 2. The Morgan fingerprint density at radius 3 is 1.58 bits per heavy atom. The van der Waals surface area contributed by atoms with E-state index < -0.39 is 17.9 Å². The van der Waals surface area contributed by atoms with Crippen LogP contribution in [-0.4, -0.2) is 11.9 Å². The third-order valence-electron chi connectivity index (χ3n) is 3.31. The van der Waals surface area contributed by atoms with Crippen molar-refractivity contribution in [1.29, 1.82) is 0 Å². The minimum Gasteiger partial charge on any atom is -0.289 e. The Balaban J connectivity index is 1.90. The molecule has 0 aliphatic rings. The molecule has 0 aliphatic carbocycles. The molecule has 0 fully saturated rings. The quantitative estimate of drug-likeness (QED) is 0.548. The Hall–Kier alpha value is -2.70. The molecule has 0 N–H and O–H groups in total. The molecule has 0 saturated carbocycles. The predicted molar refractivity (Wildman–Crippen MR) is 93.1 cm³/mol. The standard InChI is InChI=1S/C20H20O6/c1-13(2)20(25-23-18(21)16-9-5-7-14(3)11-16)26-24-19(22)17-10-6-8-15(4)12-17/h5-13H,1H2,2-4H3. The first-order valence-corrected chi connectivity index (χ1v) is 7.98. The molecule has 0 aromatic heterocycles. The van der Waals surface area contributed by atoms with Gasteiger partial charge in [0, 0.05) is 5.92 Å². The second-order valence-corrected chi connectivity index (χ2v) is 5.87. The first-order chi connectivity index (χ1) is 12.4. The number of hydrogen-bond donors (Lipinski definition) is 0. The van der Waals surface area contributed by atoms with Gasteiger partial charge < -0.3 is 0 Å². The van der Waals surface area contributed by atoms with Crippen molar-refractivity contribution in [3.05, 3.63) is 84.0 Å². The van der Waals surface area contributed by atoms with Crippen LogP contribution in [-0.2, 0) is 19.6 Å². The van der Waals surface area contributed by atoms with E-state index in [-0.39, 0.29) is 6.29 Å². The number of hydrogen-bond acceptors (Lipinski definition) is 6. The summed E-state index contributed by atoms with van der Waals surface area (Å²) in [6, 6.07) is 13.6. The Morgan fingerprint density at radius 2 is 1.23 bits per heavy atom. The van der Waals surface area contributed by atoms with Gasteiger partial charge in [-0.3, -0.25) is 9.78 Å². The number of benzene rings is 2. The van der Waals surface area contributed by atoms with Crippen molar-refractivity contribution in [2.24, 2.45) is 5.92 Å². The molecule has 6 heteroatoms. The van der Waals surface area contributed by atoms with Crippen LogP contribution in [0.5, 0.6) is 0 Å². The fourth-order valence-corrected chi connectivity index (χ4v) is 1.98. The van der Waals surface area contributed by atoms with Gasteiger partial charge in [0.25, 0.3) is 0 Å². The van der Waals surface area contributed by atoms with Crippen molar-refractivity contribution in [3.63, 3.8) is 0 Å². The minimum absolute atomic E-state index is 0.257. The van der Waals surface area contributed by atoms with Crippen molar-refractivity contribution in [1.82, 2.24) is 0 Å². The van der Waals surface area contributed by atoms with Crippen LogP contribution in [0.4, 0.5) is 0 Å². The number of aryl methyl sites for hydroxylation is 2. The van der Waals surface area contributed by atoms with Gasteiger partial charge in [-0.05, 0) is 45.0 Å². The third-order valence-corrected chi connectivity index (χ3v) is 3.31. The summed E-state index contributed by atoms with van der Waals surface area (Å²) in [7, 11) is 0. The molecule has 0 saturated heterocycles. The first kappa shape index (κ1) is 19.6. The van der Waals surface area contributed by atoms with Crippen LogP contribution in [0.25, 0.3) is 0 Å². The molecule has 0 aliphatic heterocycles. The summed E-state index contributed by atoms with van der Waals surface area (Å²) in [6.45, 7) is 9.02. The Labute approximate surface area is 152 Å². The van der Waals surface area contributed by atoms with E-state index in [1.54, 1.807) is 43.3 Å². The lowest BCUT2D eigenvalue weighted by Crippen LogP contribution is -2.20. The Bertz CT molecular complexity index is 707. The fraction of sp³-hybridized carbons (Fsp3) is 0.200. The molecule has 2 aromatic rings. The zero-order valence-electron chi connectivity index (χ0n) is 14.9. The minimum atomic E-state index is -0.708. The summed E-state index contributed by atoms with van der Waals surface area (Å²) >= 11 is 0. The number of carbonyl (C=O) groups is 2. The van der Waals surface area contributed by atoms with Crippen LogP contribution < -0.4 is 0 Å². The van der Waals surface area contributed by atoms with Crippen LogP contribution >= 0.6 is 0 Å². The topological polar surface area (TPSA) is 71.1 Å². The molecular weight excluding hydrogens is 336 g/mol. The molecule has 1 atom stereocenters. The molecule has 0 bridgehead atoms. The Kier molecular flexibility index (Phi) is 6.89. The fourth-order valence-electron chi connectivity index (χ4n) is 1.98. The van der Waals surface area contributed by atoms with Crippen molar-refractivity contribution >= 4 is 11.9 Å². The lowest BCUT2D eigenvalue weighted by Gasteiger charge is -2.16. The normalized spacial score (nSPS) is 10.8. The summed E-state index contributed by atoms with van der Waals surface area (Å²) in [4.78, 5) is 43.2. The van der Waals surface area contributed by atoms with Crippen LogP contribution in [0.15, 0.2) is 48.5 Å². The van der Waals surface area contributed by atoms with Crippen molar-refractivity contribution in [2.75, 3.05) is 0 Å². The van der Waals surface area contributed by atoms with Crippen molar-refractivity contribution in [2.45, 2.75) is 20.8 Å². The highest BCUT2D eigenvalue weighted by molar-refractivity contribution is 5.89. The molecule has 6 nitrogen and oxygen atoms in total. The van der Waals surface area contributed by atoms with Crippen LogP contribution in [0.2, 0.25) is 0 Å². The summed E-state index contributed by atoms with van der Waals surface area (Å²) in [6.07, 6.45) is -0.257. The van der Waals surface area contributed by atoms with Gasteiger partial charge in [0.1, 0.15) is 0 Å². The summed E-state index contributed by atoms with van der Waals surface area (Å²) in [5, 5.41) is 0. The van der Waals surface area contributed by atoms with Crippen LogP contribution in [0, 0.1) is 33.0 Å². The maximum atomic E-state index is 12.0. The van der Waals surface area contributed by atoms with E-state index in [2.05, 4.69) is 6.92 Å². The molecule has 0 amide bonds. The van der Waals surface area contributed by atoms with Gasteiger partial charge in [0.2, 0.25) is 0 Å². The van der Waals surface area contributed by atoms with E-state index >= 15 is 0 Å². The average Bonchev–Trinajstić information content (AvgIpc) is 2.60. The molecular formula is C20H20O6. The van der Waals surface area contributed by atoms with E-state index in [0.717, 1.165) is 11.1 Å². The zero-order chi connectivity index (χ0) is 19.1. The second-order valence-electron chi connectivity index (χ2n) is 5.87. The average molecular weight is 356 g/mol. The maximum absolute atomic E-state index is 12.0. The van der Waals surface area contributed by atoms with Crippen LogP contribution in [0.3, 0.4) is 0 Å². The van der Waals surface area contributed by atoms with E-state index in [1.165, 1.54) is 0 Å². The SMILES string of the molecule is [CH2]C(C)[C](OOC(=O)c1cccc(C)c1)OOC(=O)c1cccc(C)c1. The van der Waals surface area contributed by atoms with Gasteiger partial charge in [-0.2, -0.15) is 0 Å². The largest absolute Gasteiger partial charge is 0.373 e. The smallest absolute Gasteiger partial charge is 0.289 e. The molecule has 1 unspecified atom stereocenters. The monoisotopic (exact) mass is 356 g/mol. The van der Waals surface area contributed by atoms with Crippen LogP contribution in [0.1, 0.15) is 38.8 Å². The molecule has 26 heavy (non-hydrogen) atoms. The second kappa shape index (κ2) is 9.12.